The van der Waals surface area contributed by atoms with Crippen molar-refractivity contribution in [2.24, 2.45) is 0 Å². The Kier molecular flexibility index (Phi) is 61.8. The molecular formula is C66H112Na6O53S6. The summed E-state index contributed by atoms with van der Waals surface area (Å²) in [6.45, 7) is -8.48. The van der Waals surface area contributed by atoms with E-state index in [1.807, 2.05) is 0 Å². The van der Waals surface area contributed by atoms with E-state index in [9.17, 15) is 154 Å². The SMILES string of the molecule is O=S(=O)([O-])CCCCOC[C@H]1O[C@@H]2O[C@H]3C(O)[C@@H](O)[C@@H](O[C@H]4[C@H](O)C(O)[C@@H](O[C@H]5[C@H](O)[C@@H](O)[C@@H](O[C@H]6[C@H](O)[C@@H](O)[C@@H](O[C@H]7[C@H](O)[C@@H](O)[C@@H](O[C@H]8[C@H](O)C(O)[C@@H](O[C@H]1[C@H](O)[C@H]2O)O[C@@H]8COCCCCS(=O)(=O)[O-])O[C@@H]7COCCCCS(=O)(=O)[O-])O[C@@H]6COCCCCS(=O)(=O)[O-])O[C@@H]5COCCCCS(=O)(=O)[O-])O[C@@H]4COCCCCS(=O)(=O)[O-])O[C@@H]3CO.[Na+].[Na+].[Na+].[Na+].[Na+].[Na+]. The van der Waals surface area contributed by atoms with Gasteiger partial charge in [-0.1, -0.05) is 0 Å². The molecule has 21 aliphatic heterocycles. The summed E-state index contributed by atoms with van der Waals surface area (Å²) in [5, 5.41) is 180. The fraction of sp³-hybridized carbons (Fsp3) is 1.00. The Hall–Kier alpha value is 4.06. The monoisotopic (exact) mass is 2080 g/mol. The number of aliphatic hydroxyl groups is 15. The molecule has 0 aromatic rings. The first kappa shape index (κ1) is 131. The standard InChI is InChI=1S/C66H118O53S6.6Na/c67-25-32-53-39(68)46(75)60(106-32)114-54-33(26-100-13-1-7-19-120(82,83)84)108-62(48(77)41(54)70)116-56-35(28-102-15-3-9-21-122(88,89)90)110-64(50(79)43(56)72)118-58-37(30-104-17-5-11-23-124(94,95)96)112-66(52(81)45(58)74)119-59-38(31-105-18-6-12-24-125(97,98)99)111-65(51(80)44(59)73)117-57-36(29-103-16-4-10-22-123(91,92)93)109-63(49(78)42(57)71)115-55-34(107-61(113-53)47(76)40(55)69)27-101-14-2-8-20-121(85,86)87;;;;;;/h32-81H,1-31H2,(H,82,83,84)(H,85,86,87)(H,88,89,90)(H,91,92,93)(H,94,95,96)(H,97,98,99);;;;;;/q;6*+1/p-6/t32-,33-,34-,35-,36-,37-,38-,39?,40-,41-,42-,43-,44-,45-,46-,47-,48?,49?,50-,51-,52-,53-,54-,55-,56-,57-,58-,59-,60-,61-,62-,63-,64-,65-,66-;;;;;;/m1....../s1. The average Bonchev–Trinajstić information content (AvgIpc) is 0.876. The second kappa shape index (κ2) is 61.7. The molecule has 0 aromatic heterocycles. The number of aliphatic hydroxyl groups excluding tert-OH is 15. The van der Waals surface area contributed by atoms with Crippen LogP contribution in [-0.4, -0.2) is 490 Å². The molecule has 0 radical (unpaired) electrons. The minimum absolute atomic E-state index is 0. The Bertz CT molecular complexity index is 3780. The van der Waals surface area contributed by atoms with Crippen LogP contribution in [0, 0.1) is 0 Å². The predicted octanol–water partition coefficient (Wildman–Crippen LogP) is -31.1. The molecular weight excluding hydrogens is 1970 g/mol. The molecule has 0 aliphatic carbocycles. The first-order valence-electron chi connectivity index (χ1n) is 39.9. The van der Waals surface area contributed by atoms with Gasteiger partial charge >= 0.3 is 177 Å². The third kappa shape index (κ3) is 42.7. The molecule has 21 saturated heterocycles. The molecule has 14 bridgehead atoms. The van der Waals surface area contributed by atoms with Crippen molar-refractivity contribution in [3.8, 4) is 0 Å². The van der Waals surface area contributed by atoms with Crippen LogP contribution in [0.3, 0.4) is 0 Å². The van der Waals surface area contributed by atoms with Gasteiger partial charge in [0.2, 0.25) is 0 Å². The van der Waals surface area contributed by atoms with Crippen molar-refractivity contribution in [2.45, 2.75) is 292 Å². The van der Waals surface area contributed by atoms with Crippen molar-refractivity contribution in [3.63, 3.8) is 0 Å². The molecule has 0 saturated carbocycles. The summed E-state index contributed by atoms with van der Waals surface area (Å²) in [4.78, 5) is 0. The topological polar surface area (TPSA) is 831 Å². The van der Waals surface area contributed by atoms with Gasteiger partial charge in [0.1, 0.15) is 171 Å². The van der Waals surface area contributed by atoms with Crippen LogP contribution < -0.4 is 177 Å². The van der Waals surface area contributed by atoms with Crippen LogP contribution in [0.15, 0.2) is 0 Å². The maximum absolute atomic E-state index is 12.3. The molecule has 0 amide bonds. The Morgan fingerprint density at radius 3 is 0.435 bits per heavy atom. The average molecular weight is 2080 g/mol. The van der Waals surface area contributed by atoms with E-state index in [2.05, 4.69) is 0 Å². The largest absolute Gasteiger partial charge is 1.00 e. The third-order valence-corrected chi connectivity index (χ3v) is 25.7. The number of ether oxygens (including phenoxy) is 20. The molecule has 21 aliphatic rings. The fourth-order valence-corrected chi connectivity index (χ4v) is 17.8. The summed E-state index contributed by atoms with van der Waals surface area (Å²) in [6.07, 6.45) is -80.0. The van der Waals surface area contributed by atoms with Crippen LogP contribution in [0.25, 0.3) is 0 Å². The molecule has 35 atom stereocenters. The molecule has 21 heterocycles. The van der Waals surface area contributed by atoms with Gasteiger partial charge in [-0.05, 0) is 77.0 Å². The molecule has 0 aromatic carbocycles. The number of hydrogen-bond acceptors (Lipinski definition) is 53. The molecule has 65 heteroatoms. The van der Waals surface area contributed by atoms with Crippen LogP contribution in [-0.2, 0) is 155 Å². The van der Waals surface area contributed by atoms with Crippen LogP contribution >= 0.6 is 0 Å². The molecule has 53 nitrogen and oxygen atoms in total. The van der Waals surface area contributed by atoms with E-state index in [1.165, 1.54) is 0 Å². The second-order valence-corrected chi connectivity index (χ2v) is 40.0. The first-order valence-corrected chi connectivity index (χ1v) is 49.4. The van der Waals surface area contributed by atoms with Gasteiger partial charge in [0.25, 0.3) is 0 Å². The van der Waals surface area contributed by atoms with Gasteiger partial charge < -0.3 is 199 Å². The molecule has 0 spiro atoms. The van der Waals surface area contributed by atoms with E-state index < -0.39 is 396 Å². The molecule has 736 valence electrons. The van der Waals surface area contributed by atoms with E-state index >= 15 is 0 Å². The minimum atomic E-state index is -4.76. The quantitative estimate of drug-likeness (QED) is 0.0153. The van der Waals surface area contributed by atoms with Crippen LogP contribution in [0.2, 0.25) is 0 Å². The van der Waals surface area contributed by atoms with Crippen molar-refractivity contribution >= 4 is 60.7 Å². The Morgan fingerprint density at radius 1 is 0.191 bits per heavy atom. The maximum Gasteiger partial charge on any atom is 1.00 e. The maximum atomic E-state index is 12.3. The Labute approximate surface area is 889 Å². The zero-order chi connectivity index (χ0) is 92.3. The summed E-state index contributed by atoms with van der Waals surface area (Å²) in [5.74, 6) is -5.15. The number of hydrogen-bond donors (Lipinski definition) is 15. The van der Waals surface area contributed by atoms with Gasteiger partial charge in [0, 0.05) is 74.2 Å². The van der Waals surface area contributed by atoms with Crippen molar-refractivity contribution in [3.05, 3.63) is 0 Å². The Balaban J connectivity index is 0.00000968. The van der Waals surface area contributed by atoms with E-state index in [-0.39, 0.29) is 254 Å². The van der Waals surface area contributed by atoms with Gasteiger partial charge in [0.05, 0.1) is 107 Å². The van der Waals surface area contributed by atoms with Crippen LogP contribution in [0.5, 0.6) is 0 Å². The van der Waals surface area contributed by atoms with Crippen molar-refractivity contribution in [1.29, 1.82) is 0 Å². The summed E-state index contributed by atoms with van der Waals surface area (Å²) in [6, 6.07) is 0. The summed E-state index contributed by atoms with van der Waals surface area (Å²) >= 11 is 0. The van der Waals surface area contributed by atoms with Gasteiger partial charge in [0.15, 0.2) is 44.0 Å². The van der Waals surface area contributed by atoms with E-state index in [0.717, 1.165) is 0 Å². The summed E-state index contributed by atoms with van der Waals surface area (Å²) in [7, 11) is -28.5. The van der Waals surface area contributed by atoms with Gasteiger partial charge in [-0.3, -0.25) is 0 Å². The molecule has 15 N–H and O–H groups in total. The van der Waals surface area contributed by atoms with Crippen LogP contribution in [0.1, 0.15) is 77.0 Å². The molecule has 3 unspecified atom stereocenters. The van der Waals surface area contributed by atoms with Crippen molar-refractivity contribution in [1.82, 2.24) is 0 Å². The molecule has 21 fully saturated rings. The normalized spacial score (nSPS) is 37.7. The van der Waals surface area contributed by atoms with E-state index in [1.54, 1.807) is 0 Å². The summed E-state index contributed by atoms with van der Waals surface area (Å²) < 4.78 is 327. The van der Waals surface area contributed by atoms with Gasteiger partial charge in [-0.25, -0.2) is 50.5 Å². The third-order valence-electron chi connectivity index (χ3n) is 21.0. The van der Waals surface area contributed by atoms with E-state index in [4.69, 9.17) is 94.7 Å². The van der Waals surface area contributed by atoms with E-state index in [0.29, 0.717) is 0 Å². The van der Waals surface area contributed by atoms with Crippen molar-refractivity contribution in [2.75, 3.05) is 120 Å². The fourth-order valence-electron chi connectivity index (χ4n) is 14.4. The number of unbranched alkanes of at least 4 members (excludes halogenated alkanes) is 6. The smallest absolute Gasteiger partial charge is 0.748 e. The molecule has 21 rings (SSSR count). The number of rotatable bonds is 43. The Morgan fingerprint density at radius 2 is 0.313 bits per heavy atom. The van der Waals surface area contributed by atoms with Crippen LogP contribution in [0.4, 0.5) is 0 Å². The van der Waals surface area contributed by atoms with Crippen molar-refractivity contribution < 1.29 is 427 Å². The zero-order valence-corrected chi connectivity index (χ0v) is 89.7. The molecule has 131 heavy (non-hydrogen) atoms. The zero-order valence-electron chi connectivity index (χ0n) is 72.8. The first-order chi connectivity index (χ1) is 58.5. The predicted molar refractivity (Wildman–Crippen MR) is 394 cm³/mol. The minimum Gasteiger partial charge on any atom is -0.748 e. The second-order valence-electron chi connectivity index (χ2n) is 30.8. The van der Waals surface area contributed by atoms with Gasteiger partial charge in [-0.15, -0.1) is 0 Å². The van der Waals surface area contributed by atoms with Gasteiger partial charge in [-0.2, -0.15) is 0 Å². The summed E-state index contributed by atoms with van der Waals surface area (Å²) in [5.41, 5.74) is 0.